The van der Waals surface area contributed by atoms with Crippen LogP contribution in [-0.4, -0.2) is 77.9 Å². The zero-order valence-corrected chi connectivity index (χ0v) is 14.4. The van der Waals surface area contributed by atoms with Gasteiger partial charge in [-0.3, -0.25) is 9.69 Å². The quantitative estimate of drug-likeness (QED) is 0.846. The van der Waals surface area contributed by atoms with E-state index in [9.17, 15) is 4.79 Å². The Labute approximate surface area is 146 Å². The minimum Gasteiger partial charge on any atom is -0.379 e. The highest BCUT2D eigenvalue weighted by molar-refractivity contribution is 5.99. The summed E-state index contributed by atoms with van der Waals surface area (Å²) < 4.78 is 7.00. The molecule has 0 spiro atoms. The van der Waals surface area contributed by atoms with Gasteiger partial charge in [0.25, 0.3) is 5.91 Å². The molecule has 4 rings (SSSR count). The first kappa shape index (κ1) is 16.3. The molecular formula is C17H24N6O2. The lowest BCUT2D eigenvalue weighted by molar-refractivity contribution is 0.0383. The van der Waals surface area contributed by atoms with E-state index in [-0.39, 0.29) is 5.91 Å². The number of fused-ring (bicyclic) bond motifs is 1. The number of nitrogens with one attached hydrogen (secondary N) is 1. The summed E-state index contributed by atoms with van der Waals surface area (Å²) in [5, 5.41) is 7.24. The number of amides is 1. The van der Waals surface area contributed by atoms with E-state index in [1.54, 1.807) is 10.7 Å². The van der Waals surface area contributed by atoms with E-state index in [1.807, 2.05) is 12.3 Å². The first-order valence-corrected chi connectivity index (χ1v) is 8.99. The van der Waals surface area contributed by atoms with Gasteiger partial charge in [-0.1, -0.05) is 0 Å². The number of anilines is 1. The summed E-state index contributed by atoms with van der Waals surface area (Å²) in [4.78, 5) is 21.8. The fourth-order valence-electron chi connectivity index (χ4n) is 3.39. The van der Waals surface area contributed by atoms with E-state index in [2.05, 4.69) is 25.2 Å². The minimum absolute atomic E-state index is 0.116. The van der Waals surface area contributed by atoms with Gasteiger partial charge in [-0.05, 0) is 18.9 Å². The Morgan fingerprint density at radius 1 is 1.20 bits per heavy atom. The highest BCUT2D eigenvalue weighted by atomic mass is 16.5. The molecular weight excluding hydrogens is 320 g/mol. The van der Waals surface area contributed by atoms with Crippen molar-refractivity contribution in [3.05, 3.63) is 24.0 Å². The molecule has 2 aromatic rings. The van der Waals surface area contributed by atoms with Crippen LogP contribution in [0.25, 0.3) is 5.65 Å². The number of rotatable bonds is 5. The number of hydrogen-bond donors (Lipinski definition) is 1. The maximum atomic E-state index is 12.5. The summed E-state index contributed by atoms with van der Waals surface area (Å²) in [6.07, 6.45) is 5.86. The van der Waals surface area contributed by atoms with E-state index in [0.717, 1.165) is 51.8 Å². The van der Waals surface area contributed by atoms with E-state index >= 15 is 0 Å². The van der Waals surface area contributed by atoms with Gasteiger partial charge in [0, 0.05) is 45.5 Å². The van der Waals surface area contributed by atoms with Gasteiger partial charge < -0.3 is 15.0 Å². The van der Waals surface area contributed by atoms with Crippen LogP contribution in [0.3, 0.4) is 0 Å². The zero-order chi connectivity index (χ0) is 17.1. The lowest BCUT2D eigenvalue weighted by Gasteiger charge is -2.26. The molecule has 1 N–H and O–H groups in total. The summed E-state index contributed by atoms with van der Waals surface area (Å²) in [6.45, 7) is 6.89. The van der Waals surface area contributed by atoms with Gasteiger partial charge in [0.15, 0.2) is 5.65 Å². The summed E-state index contributed by atoms with van der Waals surface area (Å²) in [6, 6.07) is 1.96. The van der Waals surface area contributed by atoms with Crippen LogP contribution in [0.15, 0.2) is 18.5 Å². The second kappa shape index (κ2) is 7.37. The lowest BCUT2D eigenvalue weighted by Crippen LogP contribution is -2.41. The largest absolute Gasteiger partial charge is 0.379 e. The maximum Gasteiger partial charge on any atom is 0.256 e. The average molecular weight is 344 g/mol. The second-order valence-electron chi connectivity index (χ2n) is 6.52. The maximum absolute atomic E-state index is 12.5. The summed E-state index contributed by atoms with van der Waals surface area (Å²) in [7, 11) is 0. The molecule has 2 aliphatic heterocycles. The topological polar surface area (TPSA) is 75.0 Å². The smallest absolute Gasteiger partial charge is 0.256 e. The van der Waals surface area contributed by atoms with Gasteiger partial charge in [0.2, 0.25) is 0 Å². The van der Waals surface area contributed by atoms with Crippen molar-refractivity contribution < 1.29 is 9.53 Å². The average Bonchev–Trinajstić information content (AvgIpc) is 3.32. The molecule has 4 heterocycles. The molecule has 0 aromatic carbocycles. The zero-order valence-electron chi connectivity index (χ0n) is 14.4. The van der Waals surface area contributed by atoms with Gasteiger partial charge in [-0.2, -0.15) is 5.10 Å². The fourth-order valence-corrected chi connectivity index (χ4v) is 3.39. The van der Waals surface area contributed by atoms with Gasteiger partial charge in [0.1, 0.15) is 11.4 Å². The molecule has 1 amide bonds. The van der Waals surface area contributed by atoms with Crippen molar-refractivity contribution in [2.24, 2.45) is 0 Å². The third kappa shape index (κ3) is 3.59. The van der Waals surface area contributed by atoms with Gasteiger partial charge in [-0.15, -0.1) is 0 Å². The van der Waals surface area contributed by atoms with Crippen molar-refractivity contribution in [1.82, 2.24) is 24.8 Å². The van der Waals surface area contributed by atoms with Gasteiger partial charge in [0.05, 0.1) is 19.4 Å². The molecule has 2 aliphatic rings. The van der Waals surface area contributed by atoms with Gasteiger partial charge >= 0.3 is 0 Å². The Hall–Kier alpha value is -2.19. The number of carbonyl (C=O) groups is 1. The van der Waals surface area contributed by atoms with Crippen molar-refractivity contribution in [3.8, 4) is 0 Å². The van der Waals surface area contributed by atoms with E-state index < -0.39 is 0 Å². The van der Waals surface area contributed by atoms with Crippen LogP contribution < -0.4 is 10.2 Å². The Kier molecular flexibility index (Phi) is 4.80. The normalized spacial score (nSPS) is 18.8. The molecule has 8 heteroatoms. The van der Waals surface area contributed by atoms with Crippen LogP contribution in [0.5, 0.6) is 0 Å². The molecule has 134 valence electrons. The number of morpholine rings is 1. The lowest BCUT2D eigenvalue weighted by atomic mass is 10.3. The number of nitrogens with zero attached hydrogens (tertiary/aromatic N) is 5. The molecule has 0 radical (unpaired) electrons. The Morgan fingerprint density at radius 2 is 2.00 bits per heavy atom. The molecule has 0 aliphatic carbocycles. The summed E-state index contributed by atoms with van der Waals surface area (Å²) >= 11 is 0. The molecule has 8 nitrogen and oxygen atoms in total. The van der Waals surface area contributed by atoms with Crippen molar-refractivity contribution in [2.75, 3.05) is 57.4 Å². The third-order valence-electron chi connectivity index (χ3n) is 4.85. The number of aromatic nitrogens is 3. The Morgan fingerprint density at radius 3 is 2.80 bits per heavy atom. The first-order chi connectivity index (χ1) is 12.3. The SMILES string of the molecule is O=C(NCCN1CCOCC1)c1cnn2ccc(N3CCCC3)nc12. The third-order valence-corrected chi connectivity index (χ3v) is 4.85. The van der Waals surface area contributed by atoms with Crippen molar-refractivity contribution in [3.63, 3.8) is 0 Å². The van der Waals surface area contributed by atoms with Crippen LogP contribution in [0.1, 0.15) is 23.2 Å². The first-order valence-electron chi connectivity index (χ1n) is 8.99. The minimum atomic E-state index is -0.116. The monoisotopic (exact) mass is 344 g/mol. The number of hydrogen-bond acceptors (Lipinski definition) is 6. The van der Waals surface area contributed by atoms with Crippen LogP contribution >= 0.6 is 0 Å². The van der Waals surface area contributed by atoms with E-state index in [1.165, 1.54) is 12.8 Å². The molecule has 0 atom stereocenters. The summed E-state index contributed by atoms with van der Waals surface area (Å²) in [5.41, 5.74) is 1.15. The number of ether oxygens (including phenoxy) is 1. The highest BCUT2D eigenvalue weighted by Gasteiger charge is 2.18. The van der Waals surface area contributed by atoms with Crippen molar-refractivity contribution in [2.45, 2.75) is 12.8 Å². The predicted octanol–water partition coefficient (Wildman–Crippen LogP) is 0.392. The standard InChI is InChI=1S/C17H24N6O2/c24-17(18-4-8-21-9-11-25-12-10-21)14-13-19-23-7-3-15(20-16(14)23)22-5-1-2-6-22/h3,7,13H,1-2,4-6,8-12H2,(H,18,24). The molecule has 0 unspecified atom stereocenters. The Bertz CT molecular complexity index is 734. The molecule has 0 bridgehead atoms. The molecule has 2 saturated heterocycles. The molecule has 0 saturated carbocycles. The van der Waals surface area contributed by atoms with Crippen LogP contribution in [0.4, 0.5) is 5.82 Å². The van der Waals surface area contributed by atoms with E-state index in [4.69, 9.17) is 4.74 Å². The van der Waals surface area contributed by atoms with E-state index in [0.29, 0.717) is 17.8 Å². The van der Waals surface area contributed by atoms with Crippen LogP contribution in [0.2, 0.25) is 0 Å². The highest BCUT2D eigenvalue weighted by Crippen LogP contribution is 2.19. The number of carbonyl (C=O) groups excluding carboxylic acids is 1. The molecule has 25 heavy (non-hydrogen) atoms. The van der Waals surface area contributed by atoms with Gasteiger partial charge in [-0.25, -0.2) is 9.50 Å². The predicted molar refractivity (Wildman–Crippen MR) is 94.0 cm³/mol. The van der Waals surface area contributed by atoms with Crippen LogP contribution in [-0.2, 0) is 4.74 Å². The second-order valence-corrected chi connectivity index (χ2v) is 6.52. The Balaban J connectivity index is 1.42. The fraction of sp³-hybridized carbons (Fsp3) is 0.588. The molecule has 2 aromatic heterocycles. The van der Waals surface area contributed by atoms with Crippen LogP contribution in [0, 0.1) is 0 Å². The summed E-state index contributed by atoms with van der Waals surface area (Å²) in [5.74, 6) is 0.808. The van der Waals surface area contributed by atoms with Crippen molar-refractivity contribution in [1.29, 1.82) is 0 Å². The van der Waals surface area contributed by atoms with Crippen molar-refractivity contribution >= 4 is 17.4 Å². The molecule has 2 fully saturated rings.